The van der Waals surface area contributed by atoms with Crippen molar-refractivity contribution in [1.29, 1.82) is 5.26 Å². The maximum atomic E-state index is 9.21. The summed E-state index contributed by atoms with van der Waals surface area (Å²) in [7, 11) is 0. The Morgan fingerprint density at radius 1 is 1.47 bits per heavy atom. The number of imidazole rings is 1. The summed E-state index contributed by atoms with van der Waals surface area (Å²) >= 11 is 0. The second-order valence-corrected chi connectivity index (χ2v) is 3.87. The lowest BCUT2D eigenvalue weighted by Gasteiger charge is -2.10. The van der Waals surface area contributed by atoms with Crippen LogP contribution in [0.3, 0.4) is 0 Å². The molecule has 0 atom stereocenters. The molecule has 0 radical (unpaired) electrons. The van der Waals surface area contributed by atoms with Crippen LogP contribution in [-0.2, 0) is 6.42 Å². The highest BCUT2D eigenvalue weighted by Gasteiger charge is 2.09. The molecule has 0 saturated carbocycles. The van der Waals surface area contributed by atoms with Crippen molar-refractivity contribution in [3.63, 3.8) is 0 Å². The van der Waals surface area contributed by atoms with Crippen LogP contribution in [0.15, 0.2) is 30.7 Å². The molecule has 17 heavy (non-hydrogen) atoms. The lowest BCUT2D eigenvalue weighted by atomic mass is 10.1. The van der Waals surface area contributed by atoms with Gasteiger partial charge in [0.2, 0.25) is 0 Å². The molecule has 0 fully saturated rings. The van der Waals surface area contributed by atoms with Gasteiger partial charge in [-0.3, -0.25) is 0 Å². The highest BCUT2D eigenvalue weighted by Crippen LogP contribution is 2.19. The zero-order valence-corrected chi connectivity index (χ0v) is 9.72. The average molecular weight is 226 g/mol. The molecule has 0 unspecified atom stereocenters. The lowest BCUT2D eigenvalue weighted by molar-refractivity contribution is 0.871. The topological polar surface area (TPSA) is 67.6 Å². The van der Waals surface area contributed by atoms with Gasteiger partial charge in [0.15, 0.2) is 0 Å². The van der Waals surface area contributed by atoms with Gasteiger partial charge in [0.25, 0.3) is 0 Å². The van der Waals surface area contributed by atoms with Gasteiger partial charge in [-0.1, -0.05) is 12.1 Å². The SMILES string of the molecule is Cc1cccc(-n2cncc2CCN)c1C#N. The van der Waals surface area contributed by atoms with Gasteiger partial charge in [0, 0.05) is 18.3 Å². The Morgan fingerprint density at radius 2 is 2.29 bits per heavy atom. The van der Waals surface area contributed by atoms with E-state index in [0.29, 0.717) is 12.1 Å². The molecule has 0 spiro atoms. The Labute approximate surface area is 100 Å². The number of nitrogens with zero attached hydrogens (tertiary/aromatic N) is 3. The molecule has 0 aliphatic heterocycles. The predicted molar refractivity (Wildman–Crippen MR) is 65.8 cm³/mol. The molecule has 4 heteroatoms. The zero-order chi connectivity index (χ0) is 12.3. The molecule has 1 aromatic heterocycles. The van der Waals surface area contributed by atoms with E-state index in [1.165, 1.54) is 0 Å². The van der Waals surface area contributed by atoms with Crippen LogP contribution >= 0.6 is 0 Å². The number of hydrogen-bond acceptors (Lipinski definition) is 3. The van der Waals surface area contributed by atoms with Crippen LogP contribution in [0.4, 0.5) is 0 Å². The van der Waals surface area contributed by atoms with Gasteiger partial charge in [-0.05, 0) is 25.1 Å². The van der Waals surface area contributed by atoms with Gasteiger partial charge < -0.3 is 10.3 Å². The van der Waals surface area contributed by atoms with Gasteiger partial charge in [-0.25, -0.2) is 4.98 Å². The fourth-order valence-electron chi connectivity index (χ4n) is 1.87. The quantitative estimate of drug-likeness (QED) is 0.863. The van der Waals surface area contributed by atoms with Crippen molar-refractivity contribution < 1.29 is 0 Å². The van der Waals surface area contributed by atoms with Crippen LogP contribution in [0.2, 0.25) is 0 Å². The summed E-state index contributed by atoms with van der Waals surface area (Å²) in [5.74, 6) is 0. The first kappa shape index (κ1) is 11.4. The number of aromatic nitrogens is 2. The Kier molecular flexibility index (Phi) is 3.22. The van der Waals surface area contributed by atoms with Crippen LogP contribution in [-0.4, -0.2) is 16.1 Å². The summed E-state index contributed by atoms with van der Waals surface area (Å²) in [6.07, 6.45) is 4.26. The summed E-state index contributed by atoms with van der Waals surface area (Å²) in [6, 6.07) is 8.04. The number of nitrogens with two attached hydrogens (primary N) is 1. The highest BCUT2D eigenvalue weighted by molar-refractivity contribution is 5.53. The van der Waals surface area contributed by atoms with Crippen molar-refractivity contribution in [2.45, 2.75) is 13.3 Å². The molecular weight excluding hydrogens is 212 g/mol. The maximum Gasteiger partial charge on any atom is 0.102 e. The van der Waals surface area contributed by atoms with Crippen LogP contribution in [0.25, 0.3) is 5.69 Å². The van der Waals surface area contributed by atoms with E-state index in [-0.39, 0.29) is 0 Å². The average Bonchev–Trinajstić information content (AvgIpc) is 2.77. The monoisotopic (exact) mass is 226 g/mol. The molecule has 0 aliphatic rings. The van der Waals surface area contributed by atoms with Crippen LogP contribution in [0.5, 0.6) is 0 Å². The number of benzene rings is 1. The Hall–Kier alpha value is -2.12. The fourth-order valence-corrected chi connectivity index (χ4v) is 1.87. The second kappa shape index (κ2) is 4.81. The third kappa shape index (κ3) is 2.05. The lowest BCUT2D eigenvalue weighted by Crippen LogP contribution is -2.08. The first-order chi connectivity index (χ1) is 8.27. The van der Waals surface area contributed by atoms with Crippen LogP contribution in [0.1, 0.15) is 16.8 Å². The third-order valence-electron chi connectivity index (χ3n) is 2.74. The minimum atomic E-state index is 0.569. The van der Waals surface area contributed by atoms with Gasteiger partial charge in [-0.2, -0.15) is 5.26 Å². The molecule has 1 aromatic carbocycles. The molecule has 0 amide bonds. The van der Waals surface area contributed by atoms with Crippen LogP contribution in [0, 0.1) is 18.3 Å². The van der Waals surface area contributed by atoms with Gasteiger partial charge in [-0.15, -0.1) is 0 Å². The molecule has 2 rings (SSSR count). The molecule has 4 nitrogen and oxygen atoms in total. The van der Waals surface area contributed by atoms with Crippen molar-refractivity contribution in [2.24, 2.45) is 5.73 Å². The Bertz CT molecular complexity index is 563. The van der Waals surface area contributed by atoms with Crippen LogP contribution < -0.4 is 5.73 Å². The normalized spacial score (nSPS) is 10.2. The van der Waals surface area contributed by atoms with Gasteiger partial charge in [0.05, 0.1) is 17.6 Å². The second-order valence-electron chi connectivity index (χ2n) is 3.87. The molecule has 1 heterocycles. The minimum absolute atomic E-state index is 0.569. The van der Waals surface area contributed by atoms with Crippen molar-refractivity contribution in [2.75, 3.05) is 6.54 Å². The Morgan fingerprint density at radius 3 is 3.00 bits per heavy atom. The van der Waals surface area contributed by atoms with E-state index in [2.05, 4.69) is 11.1 Å². The summed E-state index contributed by atoms with van der Waals surface area (Å²) < 4.78 is 1.93. The van der Waals surface area contributed by atoms with Crippen molar-refractivity contribution in [3.8, 4) is 11.8 Å². The molecule has 2 aromatic rings. The summed E-state index contributed by atoms with van der Waals surface area (Å²) in [5.41, 5.74) is 9.11. The molecule has 0 saturated heterocycles. The van der Waals surface area contributed by atoms with E-state index in [4.69, 9.17) is 5.73 Å². The first-order valence-electron chi connectivity index (χ1n) is 5.49. The van der Waals surface area contributed by atoms with Gasteiger partial charge >= 0.3 is 0 Å². The van der Waals surface area contributed by atoms with E-state index in [9.17, 15) is 5.26 Å². The number of nitriles is 1. The molecular formula is C13H14N4. The summed E-state index contributed by atoms with van der Waals surface area (Å²) in [6.45, 7) is 2.50. The standard InChI is InChI=1S/C13H14N4/c1-10-3-2-4-13(12(10)7-15)17-9-16-8-11(17)5-6-14/h2-4,8-9H,5-6,14H2,1H3. The van der Waals surface area contributed by atoms with Crippen molar-refractivity contribution in [3.05, 3.63) is 47.5 Å². The zero-order valence-electron chi connectivity index (χ0n) is 9.72. The van der Waals surface area contributed by atoms with E-state index in [1.54, 1.807) is 12.5 Å². The number of rotatable bonds is 3. The molecule has 0 aliphatic carbocycles. The van der Waals surface area contributed by atoms with Gasteiger partial charge in [0.1, 0.15) is 6.07 Å². The van der Waals surface area contributed by atoms with E-state index < -0.39 is 0 Å². The van der Waals surface area contributed by atoms with E-state index in [1.807, 2.05) is 29.7 Å². The fraction of sp³-hybridized carbons (Fsp3) is 0.231. The predicted octanol–water partition coefficient (Wildman–Crippen LogP) is 1.55. The number of aryl methyl sites for hydroxylation is 1. The molecule has 86 valence electrons. The maximum absolute atomic E-state index is 9.21. The molecule has 0 bridgehead atoms. The highest BCUT2D eigenvalue weighted by atomic mass is 15.1. The minimum Gasteiger partial charge on any atom is -0.330 e. The molecule has 2 N–H and O–H groups in total. The smallest absolute Gasteiger partial charge is 0.102 e. The number of hydrogen-bond donors (Lipinski definition) is 1. The summed E-state index contributed by atoms with van der Waals surface area (Å²) in [4.78, 5) is 4.12. The van der Waals surface area contributed by atoms with Crippen molar-refractivity contribution >= 4 is 0 Å². The summed E-state index contributed by atoms with van der Waals surface area (Å²) in [5, 5.41) is 9.21. The van der Waals surface area contributed by atoms with E-state index >= 15 is 0 Å². The largest absolute Gasteiger partial charge is 0.330 e. The third-order valence-corrected chi connectivity index (χ3v) is 2.74. The van der Waals surface area contributed by atoms with Crippen molar-refractivity contribution in [1.82, 2.24) is 9.55 Å². The van der Waals surface area contributed by atoms with E-state index in [0.717, 1.165) is 23.4 Å². The Balaban J connectivity index is 2.57. The first-order valence-corrected chi connectivity index (χ1v) is 5.49.